The predicted octanol–water partition coefficient (Wildman–Crippen LogP) is 3.39. The molecule has 1 N–H and O–H groups in total. The minimum atomic E-state index is -0.147. The van der Waals surface area contributed by atoms with Gasteiger partial charge in [-0.05, 0) is 41.3 Å². The maximum absolute atomic E-state index is 12.3. The van der Waals surface area contributed by atoms with Crippen molar-refractivity contribution in [3.8, 4) is 0 Å². The predicted molar refractivity (Wildman–Crippen MR) is 117 cm³/mol. The monoisotopic (exact) mass is 400 g/mol. The molecule has 2 heterocycles. The number of amides is 2. The molecule has 6 heteroatoms. The summed E-state index contributed by atoms with van der Waals surface area (Å²) in [5.74, 6) is 0.0252. The molecule has 0 spiro atoms. The third kappa shape index (κ3) is 4.84. The molecule has 0 aliphatic carbocycles. The highest BCUT2D eigenvalue weighted by molar-refractivity contribution is 5.95. The van der Waals surface area contributed by atoms with E-state index in [0.717, 1.165) is 35.3 Å². The summed E-state index contributed by atoms with van der Waals surface area (Å²) in [6.45, 7) is 1.95. The van der Waals surface area contributed by atoms with Crippen LogP contribution in [0.5, 0.6) is 0 Å². The first-order valence-electron chi connectivity index (χ1n) is 10.1. The number of carbonyl (C=O) groups is 2. The van der Waals surface area contributed by atoms with Crippen LogP contribution in [-0.2, 0) is 22.7 Å². The van der Waals surface area contributed by atoms with Crippen LogP contribution in [0, 0.1) is 0 Å². The van der Waals surface area contributed by atoms with Gasteiger partial charge in [0.15, 0.2) is 0 Å². The molecule has 1 saturated heterocycles. The molecule has 1 aliphatic heterocycles. The number of hydrogen-bond donors (Lipinski definition) is 1. The van der Waals surface area contributed by atoms with Crippen LogP contribution >= 0.6 is 0 Å². The van der Waals surface area contributed by atoms with E-state index < -0.39 is 0 Å². The molecule has 0 atom stereocenters. The first-order chi connectivity index (χ1) is 14.7. The Hall–Kier alpha value is -3.67. The fourth-order valence-corrected chi connectivity index (χ4v) is 3.56. The van der Waals surface area contributed by atoms with Gasteiger partial charge in [-0.15, -0.1) is 0 Å². The van der Waals surface area contributed by atoms with Gasteiger partial charge in [-0.2, -0.15) is 0 Å². The average Bonchev–Trinajstić information content (AvgIpc) is 3.44. The summed E-state index contributed by atoms with van der Waals surface area (Å²) in [6.07, 6.45) is 10.3. The lowest BCUT2D eigenvalue weighted by atomic mass is 10.1. The van der Waals surface area contributed by atoms with Gasteiger partial charge >= 0.3 is 0 Å². The lowest BCUT2D eigenvalue weighted by Gasteiger charge is -2.15. The van der Waals surface area contributed by atoms with Crippen LogP contribution in [-0.4, -0.2) is 27.9 Å². The second-order valence-electron chi connectivity index (χ2n) is 7.30. The number of aromatic nitrogens is 2. The van der Waals surface area contributed by atoms with E-state index in [1.165, 1.54) is 6.08 Å². The lowest BCUT2D eigenvalue weighted by Crippen LogP contribution is -2.23. The molecule has 0 unspecified atom stereocenters. The fourth-order valence-electron chi connectivity index (χ4n) is 3.56. The van der Waals surface area contributed by atoms with Crippen LogP contribution in [0.4, 0.5) is 5.69 Å². The number of nitrogens with one attached hydrogen (secondary N) is 1. The minimum Gasteiger partial charge on any atom is -0.348 e. The van der Waals surface area contributed by atoms with Crippen molar-refractivity contribution in [3.63, 3.8) is 0 Å². The Morgan fingerprint density at radius 3 is 2.60 bits per heavy atom. The molecule has 2 amide bonds. The maximum atomic E-state index is 12.3. The third-order valence-corrected chi connectivity index (χ3v) is 5.19. The number of anilines is 1. The van der Waals surface area contributed by atoms with Gasteiger partial charge in [0, 0.05) is 50.2 Å². The molecule has 0 radical (unpaired) electrons. The van der Waals surface area contributed by atoms with Crippen molar-refractivity contribution >= 4 is 23.6 Å². The highest BCUT2D eigenvalue weighted by Gasteiger charge is 2.21. The zero-order valence-electron chi connectivity index (χ0n) is 16.7. The van der Waals surface area contributed by atoms with E-state index >= 15 is 0 Å². The van der Waals surface area contributed by atoms with Gasteiger partial charge in [0.05, 0.1) is 6.33 Å². The van der Waals surface area contributed by atoms with Crippen LogP contribution in [0.15, 0.2) is 73.3 Å². The van der Waals surface area contributed by atoms with Gasteiger partial charge in [0.2, 0.25) is 11.8 Å². The van der Waals surface area contributed by atoms with Crippen molar-refractivity contribution in [2.45, 2.75) is 25.9 Å². The molecule has 152 valence electrons. The molecule has 6 nitrogen and oxygen atoms in total. The molecule has 0 bridgehead atoms. The van der Waals surface area contributed by atoms with Crippen molar-refractivity contribution in [2.24, 2.45) is 0 Å². The summed E-state index contributed by atoms with van der Waals surface area (Å²) < 4.78 is 2.00. The van der Waals surface area contributed by atoms with E-state index in [4.69, 9.17) is 0 Å². The van der Waals surface area contributed by atoms with Gasteiger partial charge in [-0.25, -0.2) is 4.98 Å². The van der Waals surface area contributed by atoms with Gasteiger partial charge < -0.3 is 14.8 Å². The summed E-state index contributed by atoms with van der Waals surface area (Å²) >= 11 is 0. The molecule has 4 rings (SSSR count). The molecule has 0 saturated carbocycles. The second kappa shape index (κ2) is 9.22. The van der Waals surface area contributed by atoms with Crippen molar-refractivity contribution in [2.75, 3.05) is 11.4 Å². The number of imidazole rings is 1. The smallest absolute Gasteiger partial charge is 0.244 e. The van der Waals surface area contributed by atoms with Crippen molar-refractivity contribution < 1.29 is 9.59 Å². The fraction of sp³-hybridized carbons (Fsp3) is 0.208. The number of nitrogens with zero attached hydrogens (tertiary/aromatic N) is 3. The van der Waals surface area contributed by atoms with Crippen LogP contribution in [0.3, 0.4) is 0 Å². The number of carbonyl (C=O) groups excluding carboxylic acids is 2. The Bertz CT molecular complexity index is 1040. The van der Waals surface area contributed by atoms with Crippen molar-refractivity contribution in [1.82, 2.24) is 14.9 Å². The summed E-state index contributed by atoms with van der Waals surface area (Å²) in [4.78, 5) is 30.0. The average molecular weight is 400 g/mol. The second-order valence-corrected chi connectivity index (χ2v) is 7.30. The minimum absolute atomic E-state index is 0.147. The van der Waals surface area contributed by atoms with Crippen LogP contribution in [0.2, 0.25) is 0 Å². The van der Waals surface area contributed by atoms with Gasteiger partial charge in [0.25, 0.3) is 0 Å². The molecule has 2 aromatic carbocycles. The van der Waals surface area contributed by atoms with Crippen molar-refractivity contribution in [3.05, 3.63) is 90.0 Å². The molecular weight excluding hydrogens is 376 g/mol. The van der Waals surface area contributed by atoms with E-state index in [2.05, 4.69) is 16.4 Å². The van der Waals surface area contributed by atoms with E-state index in [0.29, 0.717) is 19.5 Å². The zero-order chi connectivity index (χ0) is 20.8. The summed E-state index contributed by atoms with van der Waals surface area (Å²) in [7, 11) is 0. The summed E-state index contributed by atoms with van der Waals surface area (Å²) in [5, 5.41) is 2.95. The largest absolute Gasteiger partial charge is 0.348 e. The van der Waals surface area contributed by atoms with E-state index in [-0.39, 0.29) is 11.8 Å². The van der Waals surface area contributed by atoms with Crippen LogP contribution < -0.4 is 10.2 Å². The van der Waals surface area contributed by atoms with E-state index in [1.54, 1.807) is 23.5 Å². The van der Waals surface area contributed by atoms with Gasteiger partial charge in [-0.1, -0.05) is 36.4 Å². The Balaban J connectivity index is 1.33. The standard InChI is InChI=1S/C24H24N4O2/c29-23(12-9-19-7-10-22(11-8-19)28-14-3-6-24(28)30)26-16-20-4-1-2-5-21(20)17-27-15-13-25-18-27/h1-2,4-5,7-13,15,18H,3,6,14,16-17H2,(H,26,29)/b12-9+. The Morgan fingerprint density at radius 1 is 1.10 bits per heavy atom. The SMILES string of the molecule is O=C(/C=C/c1ccc(N2CCCC2=O)cc1)NCc1ccccc1Cn1ccnc1. The summed E-state index contributed by atoms with van der Waals surface area (Å²) in [6, 6.07) is 15.7. The van der Waals surface area contributed by atoms with E-state index in [1.807, 2.05) is 53.2 Å². The molecule has 30 heavy (non-hydrogen) atoms. The van der Waals surface area contributed by atoms with Gasteiger partial charge in [0.1, 0.15) is 0 Å². The number of benzene rings is 2. The number of rotatable bonds is 7. The molecule has 3 aromatic rings. The Labute approximate surface area is 175 Å². The first kappa shape index (κ1) is 19.6. The zero-order valence-corrected chi connectivity index (χ0v) is 16.7. The first-order valence-corrected chi connectivity index (χ1v) is 10.1. The topological polar surface area (TPSA) is 67.2 Å². The Morgan fingerprint density at radius 2 is 1.90 bits per heavy atom. The van der Waals surface area contributed by atoms with Gasteiger partial charge in [-0.3, -0.25) is 9.59 Å². The van der Waals surface area contributed by atoms with Crippen molar-refractivity contribution in [1.29, 1.82) is 0 Å². The molecule has 1 aromatic heterocycles. The van der Waals surface area contributed by atoms with E-state index in [9.17, 15) is 9.59 Å². The third-order valence-electron chi connectivity index (χ3n) is 5.19. The normalized spacial score (nSPS) is 13.9. The molecule has 1 aliphatic rings. The Kier molecular flexibility index (Phi) is 6.03. The number of hydrogen-bond acceptors (Lipinski definition) is 3. The molecular formula is C24H24N4O2. The van der Waals surface area contributed by atoms with Crippen LogP contribution in [0.25, 0.3) is 6.08 Å². The highest BCUT2D eigenvalue weighted by Crippen LogP contribution is 2.21. The summed E-state index contributed by atoms with van der Waals surface area (Å²) in [5.41, 5.74) is 4.05. The lowest BCUT2D eigenvalue weighted by molar-refractivity contribution is -0.117. The highest BCUT2D eigenvalue weighted by atomic mass is 16.2. The quantitative estimate of drug-likeness (QED) is 0.618. The van der Waals surface area contributed by atoms with Crippen LogP contribution in [0.1, 0.15) is 29.5 Å². The maximum Gasteiger partial charge on any atom is 0.244 e. The molecule has 1 fully saturated rings.